The minimum Gasteiger partial charge on any atom is -0.486 e. The van der Waals surface area contributed by atoms with Gasteiger partial charge >= 0.3 is 0 Å². The molecule has 188 valence electrons. The fraction of sp³-hybridized carbons (Fsp3) is 0.172. The molecule has 0 radical (unpaired) electrons. The normalized spacial score (nSPS) is 12.4. The molecule has 5 rings (SSSR count). The molecular weight excluding hydrogens is 486 g/mol. The summed E-state index contributed by atoms with van der Waals surface area (Å²) in [5, 5.41) is 0. The van der Waals surface area contributed by atoms with E-state index in [1.54, 1.807) is 31.5 Å². The van der Waals surface area contributed by atoms with Crippen molar-refractivity contribution < 1.29 is 17.9 Å². The molecule has 8 heteroatoms. The van der Waals surface area contributed by atoms with Crippen molar-refractivity contribution in [1.29, 1.82) is 0 Å². The molecule has 0 fully saturated rings. The number of nitrogens with zero attached hydrogens (tertiary/aromatic N) is 3. The first kappa shape index (κ1) is 24.5. The quantitative estimate of drug-likeness (QED) is 0.265. The number of fused-ring (bicyclic) bond motifs is 1. The topological polar surface area (TPSA) is 83.3 Å². The summed E-state index contributed by atoms with van der Waals surface area (Å²) in [4.78, 5) is 9.45. The van der Waals surface area contributed by atoms with Crippen molar-refractivity contribution in [3.63, 3.8) is 0 Å². The van der Waals surface area contributed by atoms with Gasteiger partial charge < -0.3 is 14.0 Å². The van der Waals surface area contributed by atoms with Gasteiger partial charge in [-0.1, -0.05) is 42.5 Å². The van der Waals surface area contributed by atoms with Crippen molar-refractivity contribution >= 4 is 20.9 Å². The molecule has 37 heavy (non-hydrogen) atoms. The number of rotatable bonds is 8. The zero-order chi connectivity index (χ0) is 26.0. The number of ether oxygens (including phenoxy) is 2. The van der Waals surface area contributed by atoms with Crippen LogP contribution in [0.15, 0.2) is 96.0 Å². The van der Waals surface area contributed by atoms with Crippen LogP contribution in [0.25, 0.3) is 22.2 Å². The summed E-state index contributed by atoms with van der Waals surface area (Å²) in [7, 11) is -1.74. The smallest absolute Gasteiger partial charge is 0.212 e. The van der Waals surface area contributed by atoms with E-state index in [4.69, 9.17) is 14.5 Å². The molecule has 0 unspecified atom stereocenters. The van der Waals surface area contributed by atoms with Crippen molar-refractivity contribution in [1.82, 2.24) is 14.5 Å². The molecule has 1 atom stereocenters. The van der Waals surface area contributed by atoms with Gasteiger partial charge in [-0.2, -0.15) is 0 Å². The van der Waals surface area contributed by atoms with E-state index in [2.05, 4.69) is 34.7 Å². The van der Waals surface area contributed by atoms with Crippen molar-refractivity contribution in [3.8, 4) is 22.8 Å². The Morgan fingerprint density at radius 1 is 0.919 bits per heavy atom. The average molecular weight is 514 g/mol. The molecule has 7 nitrogen and oxygen atoms in total. The molecule has 5 aromatic rings. The molecule has 0 amide bonds. The number of sulfone groups is 1. The highest BCUT2D eigenvalue weighted by molar-refractivity contribution is 7.90. The number of methoxy groups -OCH3 is 1. The Morgan fingerprint density at radius 3 is 2.41 bits per heavy atom. The third kappa shape index (κ3) is 5.20. The Bertz CT molecular complexity index is 1650. The molecule has 2 heterocycles. The van der Waals surface area contributed by atoms with Gasteiger partial charge in [-0.15, -0.1) is 0 Å². The first-order chi connectivity index (χ1) is 17.8. The third-order valence-corrected chi connectivity index (χ3v) is 7.42. The van der Waals surface area contributed by atoms with Crippen LogP contribution in [0.2, 0.25) is 0 Å². The lowest BCUT2D eigenvalue weighted by Gasteiger charge is -2.19. The second-order valence-corrected chi connectivity index (χ2v) is 10.8. The van der Waals surface area contributed by atoms with E-state index in [9.17, 15) is 8.42 Å². The highest BCUT2D eigenvalue weighted by Crippen LogP contribution is 2.31. The van der Waals surface area contributed by atoms with Crippen LogP contribution in [0.1, 0.15) is 24.4 Å². The Kier molecular flexibility index (Phi) is 6.67. The molecule has 0 spiro atoms. The van der Waals surface area contributed by atoms with Crippen molar-refractivity contribution in [2.75, 3.05) is 13.4 Å². The fourth-order valence-electron chi connectivity index (χ4n) is 4.35. The van der Waals surface area contributed by atoms with Gasteiger partial charge in [0.25, 0.3) is 0 Å². The maximum absolute atomic E-state index is 12.0. The lowest BCUT2D eigenvalue weighted by atomic mass is 10.1. The number of hydrogen-bond acceptors (Lipinski definition) is 6. The molecule has 0 N–H and O–H groups in total. The molecule has 0 saturated carbocycles. The van der Waals surface area contributed by atoms with Crippen molar-refractivity contribution in [3.05, 3.63) is 103 Å². The maximum atomic E-state index is 12.0. The second kappa shape index (κ2) is 10.1. The lowest BCUT2D eigenvalue weighted by Crippen LogP contribution is -2.13. The molecule has 2 aromatic heterocycles. The van der Waals surface area contributed by atoms with Crippen LogP contribution in [-0.2, 0) is 16.4 Å². The number of aromatic nitrogens is 3. The first-order valence-corrected chi connectivity index (χ1v) is 13.7. The van der Waals surface area contributed by atoms with Gasteiger partial charge in [0.2, 0.25) is 5.88 Å². The summed E-state index contributed by atoms with van der Waals surface area (Å²) >= 11 is 0. The first-order valence-electron chi connectivity index (χ1n) is 11.8. The van der Waals surface area contributed by atoms with Crippen molar-refractivity contribution in [2.45, 2.75) is 24.5 Å². The van der Waals surface area contributed by atoms with Crippen LogP contribution < -0.4 is 9.47 Å². The predicted molar refractivity (Wildman–Crippen MR) is 144 cm³/mol. The van der Waals surface area contributed by atoms with Gasteiger partial charge in [-0.25, -0.2) is 18.4 Å². The third-order valence-electron chi connectivity index (χ3n) is 6.31. The minimum atomic E-state index is -3.34. The number of hydrogen-bond donors (Lipinski definition) is 0. The standard InChI is InChI=1S/C29H27N3O4S/c1-20(21-8-5-4-6-9-21)32-27-16-22(23-13-15-29(35-2)30-18-23)12-14-26(27)31-28(32)19-36-24-10-7-11-25(17-24)37(3,33)34/h4-18,20H,19H2,1-3H3/t20-/m0/s1. The van der Waals surface area contributed by atoms with Gasteiger partial charge in [0.15, 0.2) is 9.84 Å². The van der Waals surface area contributed by atoms with Crippen LogP contribution in [0.3, 0.4) is 0 Å². The van der Waals surface area contributed by atoms with E-state index in [1.807, 2.05) is 42.5 Å². The van der Waals surface area contributed by atoms with Gasteiger partial charge in [0, 0.05) is 24.1 Å². The zero-order valence-corrected chi connectivity index (χ0v) is 21.6. The summed E-state index contributed by atoms with van der Waals surface area (Å²) in [5.41, 5.74) is 4.93. The molecule has 3 aromatic carbocycles. The summed E-state index contributed by atoms with van der Waals surface area (Å²) in [5.74, 6) is 1.77. The highest BCUT2D eigenvalue weighted by atomic mass is 32.2. The Labute approximate surface area is 216 Å². The monoisotopic (exact) mass is 513 g/mol. The van der Waals surface area contributed by atoms with Crippen LogP contribution >= 0.6 is 0 Å². The van der Waals surface area contributed by atoms with E-state index in [-0.39, 0.29) is 17.5 Å². The van der Waals surface area contributed by atoms with E-state index in [0.29, 0.717) is 11.6 Å². The Morgan fingerprint density at radius 2 is 1.70 bits per heavy atom. The summed E-state index contributed by atoms with van der Waals surface area (Å²) in [6, 6.07) is 26.7. The summed E-state index contributed by atoms with van der Waals surface area (Å²) in [6.45, 7) is 2.31. The van der Waals surface area contributed by atoms with Crippen LogP contribution in [-0.4, -0.2) is 36.3 Å². The zero-order valence-electron chi connectivity index (χ0n) is 20.8. The van der Waals surface area contributed by atoms with E-state index >= 15 is 0 Å². The van der Waals surface area contributed by atoms with Gasteiger partial charge in [-0.3, -0.25) is 0 Å². The molecule has 0 aliphatic carbocycles. The van der Waals surface area contributed by atoms with Crippen molar-refractivity contribution in [2.24, 2.45) is 0 Å². The largest absolute Gasteiger partial charge is 0.486 e. The molecule has 0 aliphatic rings. The number of imidazole rings is 1. The van der Waals surface area contributed by atoms with Gasteiger partial charge in [0.1, 0.15) is 18.2 Å². The van der Waals surface area contributed by atoms with Gasteiger partial charge in [0.05, 0.1) is 29.1 Å². The molecule has 0 bridgehead atoms. The fourth-order valence-corrected chi connectivity index (χ4v) is 5.01. The SMILES string of the molecule is COc1ccc(-c2ccc3nc(COc4cccc(S(C)(=O)=O)c4)n([C@@H](C)c4ccccc4)c3c2)cn1. The Hall–Kier alpha value is -4.17. The summed E-state index contributed by atoms with van der Waals surface area (Å²) < 4.78 is 37.4. The van der Waals surface area contributed by atoms with E-state index in [1.165, 1.54) is 12.3 Å². The summed E-state index contributed by atoms with van der Waals surface area (Å²) in [6.07, 6.45) is 2.98. The van der Waals surface area contributed by atoms with Crippen LogP contribution in [0.4, 0.5) is 0 Å². The maximum Gasteiger partial charge on any atom is 0.212 e. The van der Waals surface area contributed by atoms with Gasteiger partial charge in [-0.05, 0) is 54.4 Å². The Balaban J connectivity index is 1.56. The predicted octanol–water partition coefficient (Wildman–Crippen LogP) is 5.70. The minimum absolute atomic E-state index is 0.0172. The number of benzene rings is 3. The van der Waals surface area contributed by atoms with Crippen LogP contribution in [0.5, 0.6) is 11.6 Å². The average Bonchev–Trinajstić information content (AvgIpc) is 3.29. The lowest BCUT2D eigenvalue weighted by molar-refractivity contribution is 0.288. The number of pyridine rings is 1. The molecule has 0 aliphatic heterocycles. The highest BCUT2D eigenvalue weighted by Gasteiger charge is 2.19. The van der Waals surface area contributed by atoms with E-state index in [0.717, 1.165) is 33.5 Å². The van der Waals surface area contributed by atoms with Crippen LogP contribution in [0, 0.1) is 0 Å². The molecular formula is C29H27N3O4S. The second-order valence-electron chi connectivity index (χ2n) is 8.81. The molecule has 0 saturated heterocycles. The van der Waals surface area contributed by atoms with E-state index < -0.39 is 9.84 Å².